The largest absolute Gasteiger partial charge is 0.586 e. The van der Waals surface area contributed by atoms with Crippen LogP contribution in [0.15, 0.2) is 200 Å². The quantitative estimate of drug-likeness (QED) is 0.0222. The van der Waals surface area contributed by atoms with Gasteiger partial charge < -0.3 is 34.7 Å². The number of methoxy groups -OCH3 is 1. The second-order valence-corrected chi connectivity index (χ2v) is 36.9. The van der Waals surface area contributed by atoms with E-state index in [1.54, 1.807) is 30.3 Å². The number of fused-ring (bicyclic) bond motifs is 6. The summed E-state index contributed by atoms with van der Waals surface area (Å²) in [7, 11) is 1.40. The first-order valence-electron chi connectivity index (χ1n) is 46.3. The second kappa shape index (κ2) is 39.8. The molecule has 19 aromatic rings. The zero-order valence-electron chi connectivity index (χ0n) is 77.4. The number of hydrogen-bond acceptors (Lipinski definition) is 21. The van der Waals surface area contributed by atoms with Crippen LogP contribution in [-0.2, 0) is 17.3 Å². The number of amides is 1. The van der Waals surface area contributed by atoms with Gasteiger partial charge in [0.05, 0.1) is 34.7 Å². The van der Waals surface area contributed by atoms with Crippen LogP contribution in [0.25, 0.3) is 156 Å². The van der Waals surface area contributed by atoms with Gasteiger partial charge in [-0.1, -0.05) is 91.5 Å². The lowest BCUT2D eigenvalue weighted by Crippen LogP contribution is -2.34. The maximum atomic E-state index is 13.8. The van der Waals surface area contributed by atoms with Crippen molar-refractivity contribution < 1.29 is 50.4 Å². The van der Waals surface area contributed by atoms with Gasteiger partial charge >= 0.3 is 6.29 Å². The number of H-pyrrole nitrogens is 9. The predicted molar refractivity (Wildman–Crippen MR) is 520 cm³/mol. The van der Waals surface area contributed by atoms with Crippen molar-refractivity contribution in [1.82, 2.24) is 122 Å². The van der Waals surface area contributed by atoms with Gasteiger partial charge in [-0.3, -0.25) is 55.6 Å². The highest BCUT2D eigenvalue weighted by atomic mass is 19.3. The van der Waals surface area contributed by atoms with E-state index in [2.05, 4.69) is 199 Å². The summed E-state index contributed by atoms with van der Waals surface area (Å²) >= 11 is 0. The van der Waals surface area contributed by atoms with Crippen molar-refractivity contribution in [2.24, 2.45) is 11.7 Å². The molecule has 31 nitrogen and oxygen atoms in total. The fourth-order valence-electron chi connectivity index (χ4n) is 17.1. The molecule has 3 fully saturated rings. The standard InChI is InChI=1S/C27H34N6O.C26H32N6O.C20H15F2N5O2.C15H9F2N5.C15H12FN3O2/c1-27(2,3)26-29-25(32-33-26)19-12-13-23-22(17-19)24(31-30-23)18-8-7-11-21(16-18)34-15-14-28-20-9-5-4-6-10-20;1-26(2,3)25-27-24(30-31-25)19-10-11-22-21(17-19)23(29-28-22)18-8-7-9-20(16-18)33-15-14-32-12-5-4-6-13-32;21-20(22)28-15-6-4-11(9-16(15)29-20)18-13-8-12(3-5-14(13)24-26-18)19-23-17(25-27-19)7-10-1-2-10;16-10-3-9(4-11(17)6-10)14-12-5-8(15-18-7-19-22-15)1-2-13(12)20-21-14;1-21-13-5-3-8(7-11(13)16)14-10-6-9(15(17)20)2-4-12(10)18-19-14/h7-8,11-13,16-17,20,28H,4-6,9-10,14-15H2,1-3H3,(H,30,31)(H,29,32,33);7-11,16-17H,4-6,12-15H2,1-3H3,(H,28,29)(H,27,30,31);3-6,8-10H,1-2,7H2,(H,24,26)(H,23,25,27);1-7H,(H,20,21)(H,18,19,22);2-7H,1H3,(H2,17,20)(H,18,19). The van der Waals surface area contributed by atoms with Gasteiger partial charge in [0.1, 0.15) is 88.6 Å². The number of alkyl halides is 2. The second-order valence-electron chi connectivity index (χ2n) is 36.9. The molecule has 4 aliphatic rings. The number of nitrogens with zero attached hydrogens (tertiary/aromatic N) is 14. The van der Waals surface area contributed by atoms with E-state index < -0.39 is 29.7 Å². The Bertz CT molecular complexity index is 7550. The Morgan fingerprint density at radius 3 is 1.44 bits per heavy atom. The van der Waals surface area contributed by atoms with Crippen LogP contribution in [0.1, 0.15) is 134 Å². The molecule has 9 aromatic heterocycles. The van der Waals surface area contributed by atoms with Crippen molar-refractivity contribution in [3.63, 3.8) is 0 Å². The lowest BCUT2D eigenvalue weighted by molar-refractivity contribution is -0.286. The summed E-state index contributed by atoms with van der Waals surface area (Å²) in [6, 6.07) is 58.1. The normalized spacial score (nSPS) is 14.3. The zero-order chi connectivity index (χ0) is 96.1. The summed E-state index contributed by atoms with van der Waals surface area (Å²) in [5.41, 5.74) is 20.5. The first-order valence-corrected chi connectivity index (χ1v) is 46.3. The molecule has 0 unspecified atom stereocenters. The highest BCUT2D eigenvalue weighted by Gasteiger charge is 2.44. The molecule has 11 heterocycles. The minimum atomic E-state index is -3.65. The molecule has 36 heteroatoms. The topological polar surface area (TPSA) is 414 Å². The first-order chi connectivity index (χ1) is 67.3. The zero-order valence-corrected chi connectivity index (χ0v) is 77.4. The van der Waals surface area contributed by atoms with Crippen LogP contribution in [0.4, 0.5) is 22.0 Å². The van der Waals surface area contributed by atoms with Gasteiger partial charge in [-0.25, -0.2) is 33.1 Å². The molecule has 2 aliphatic carbocycles. The van der Waals surface area contributed by atoms with Crippen LogP contribution in [0.3, 0.4) is 0 Å². The van der Waals surface area contributed by atoms with E-state index in [4.69, 9.17) is 29.9 Å². The lowest BCUT2D eigenvalue weighted by atomic mass is 9.96. The Morgan fingerprint density at radius 2 is 0.928 bits per heavy atom. The fourth-order valence-corrected chi connectivity index (χ4v) is 17.1. The van der Waals surface area contributed by atoms with E-state index >= 15 is 0 Å². The minimum Gasteiger partial charge on any atom is -0.494 e. The molecule has 139 heavy (non-hydrogen) atoms. The van der Waals surface area contributed by atoms with E-state index in [-0.39, 0.29) is 28.1 Å². The van der Waals surface area contributed by atoms with Gasteiger partial charge in [-0.05, 0) is 221 Å². The Labute approximate surface area is 793 Å². The molecule has 710 valence electrons. The maximum Gasteiger partial charge on any atom is 0.586 e. The maximum absolute atomic E-state index is 13.8. The third-order valence-electron chi connectivity index (χ3n) is 24.6. The van der Waals surface area contributed by atoms with Crippen molar-refractivity contribution in [3.8, 4) is 131 Å². The van der Waals surface area contributed by atoms with Crippen LogP contribution in [-0.4, -0.2) is 181 Å². The summed E-state index contributed by atoms with van der Waals surface area (Å²) in [6.07, 6.45) is 11.8. The van der Waals surface area contributed by atoms with Gasteiger partial charge in [0.15, 0.2) is 46.4 Å². The average Bonchev–Trinajstić information content (AvgIpc) is 1.64. The SMILES string of the molecule is CC(C)(C)c1nc(-c2ccc3[nH]nc(-c4cccc(OCCN5CCCCC5)c4)c3c2)n[nH]1.CC(C)(C)c1nc(-c2ccc3[nH]nc(-c4cccc(OCCNC5CCCCC5)c4)c3c2)n[nH]1.COc1ccc(-c2n[nH]c3ccc(C(N)=O)cc23)cc1F.FC1(F)Oc2ccc(-c3n[nH]c4ccc(-c5n[nH]c(CC6CC6)n5)cc34)cc2O1.Fc1cc(F)cc(-c2n[nH]c3ccc(-c4ncn[nH]4)cc23)c1. The van der Waals surface area contributed by atoms with Gasteiger partial charge in [-0.15, -0.1) is 8.78 Å². The number of carbonyl (C=O) groups is 1. The van der Waals surface area contributed by atoms with Crippen LogP contribution in [0, 0.1) is 23.4 Å². The summed E-state index contributed by atoms with van der Waals surface area (Å²) in [5.74, 6) is 5.60. The van der Waals surface area contributed by atoms with Crippen molar-refractivity contribution in [2.75, 3.05) is 46.5 Å². The van der Waals surface area contributed by atoms with Crippen molar-refractivity contribution in [1.29, 1.82) is 0 Å². The van der Waals surface area contributed by atoms with Crippen LogP contribution < -0.4 is 34.7 Å². The number of nitrogens with one attached hydrogen (secondary N) is 10. The number of likely N-dealkylation sites (tertiary alicyclic amines) is 1. The van der Waals surface area contributed by atoms with Gasteiger partial charge in [0, 0.05) is 125 Å². The van der Waals surface area contributed by atoms with Crippen LogP contribution in [0.2, 0.25) is 0 Å². The number of nitrogens with two attached hydrogens (primary N) is 1. The van der Waals surface area contributed by atoms with E-state index in [9.17, 15) is 26.7 Å². The molecular weight excluding hydrogens is 1780 g/mol. The molecule has 0 bridgehead atoms. The fraction of sp³-hybridized carbons (Fsp3) is 0.282. The number of primary amides is 1. The highest BCUT2D eigenvalue weighted by Crippen LogP contribution is 2.45. The number of carbonyl (C=O) groups excluding carboxylic acids is 1. The molecule has 23 rings (SSSR count). The number of halogens is 5. The summed E-state index contributed by atoms with van der Waals surface area (Å²) in [6.45, 7) is 18.3. The van der Waals surface area contributed by atoms with Gasteiger partial charge in [0.2, 0.25) is 5.91 Å². The number of benzene rings is 10. The third-order valence-corrected chi connectivity index (χ3v) is 24.6. The predicted octanol–water partition coefficient (Wildman–Crippen LogP) is 20.8. The smallest absolute Gasteiger partial charge is 0.494 e. The van der Waals surface area contributed by atoms with Crippen molar-refractivity contribution >= 4 is 60.4 Å². The molecular formula is C103H102F5N25O6. The molecule has 2 saturated carbocycles. The Morgan fingerprint density at radius 1 is 0.460 bits per heavy atom. The number of aromatic amines is 9. The molecule has 0 atom stereocenters. The van der Waals surface area contributed by atoms with Gasteiger partial charge in [-0.2, -0.15) is 45.9 Å². The molecule has 1 saturated heterocycles. The molecule has 0 radical (unpaired) electrons. The Balaban J connectivity index is 0.000000112. The minimum absolute atomic E-state index is 0.00296. The van der Waals surface area contributed by atoms with Crippen LogP contribution >= 0.6 is 0 Å². The monoisotopic (exact) mass is 1880 g/mol. The number of piperidine rings is 1. The van der Waals surface area contributed by atoms with Crippen molar-refractivity contribution in [3.05, 3.63) is 241 Å². The number of ether oxygens (including phenoxy) is 5. The number of rotatable bonds is 22. The van der Waals surface area contributed by atoms with Gasteiger partial charge in [0.25, 0.3) is 0 Å². The summed E-state index contributed by atoms with van der Waals surface area (Å²) in [5, 5.41) is 73.9. The van der Waals surface area contributed by atoms with Crippen LogP contribution in [0.5, 0.6) is 28.7 Å². The first kappa shape index (κ1) is 92.2. The van der Waals surface area contributed by atoms with E-state index in [1.807, 2.05) is 84.9 Å². The lowest BCUT2D eigenvalue weighted by Gasteiger charge is -2.26. The highest BCUT2D eigenvalue weighted by molar-refractivity contribution is 6.02. The van der Waals surface area contributed by atoms with E-state index in [1.165, 1.54) is 127 Å². The Hall–Kier alpha value is -15.9. The molecule has 1 amide bonds. The van der Waals surface area contributed by atoms with Crippen molar-refractivity contribution in [2.45, 2.75) is 135 Å². The van der Waals surface area contributed by atoms with E-state index in [0.29, 0.717) is 87.3 Å². The van der Waals surface area contributed by atoms with E-state index in [0.717, 1.165) is 154 Å². The average molecular weight is 1880 g/mol. The Kier molecular flexibility index (Phi) is 26.4. The third kappa shape index (κ3) is 21.5. The summed E-state index contributed by atoms with van der Waals surface area (Å²) < 4.78 is 93.3. The molecule has 0 spiro atoms. The molecule has 10 aromatic carbocycles. The number of aromatic nitrogens is 22. The molecule has 2 aliphatic heterocycles. The summed E-state index contributed by atoms with van der Waals surface area (Å²) in [4.78, 5) is 31.9. The number of hydrogen-bond donors (Lipinski definition) is 11. The molecule has 12 N–H and O–H groups in total.